The molecule has 1 unspecified atom stereocenters. The van der Waals surface area contributed by atoms with E-state index in [-0.39, 0.29) is 0 Å². The lowest BCUT2D eigenvalue weighted by Crippen LogP contribution is -2.30. The summed E-state index contributed by atoms with van der Waals surface area (Å²) in [5.74, 6) is 0. The van der Waals surface area contributed by atoms with Crippen LogP contribution in [0.2, 0.25) is 0 Å². The molecule has 0 aliphatic carbocycles. The normalized spacial score (nSPS) is 13.1. The topological polar surface area (TPSA) is 12.0 Å². The van der Waals surface area contributed by atoms with Crippen LogP contribution in [0.15, 0.2) is 24.3 Å². The number of nitrogens with one attached hydrogen (secondary N) is 1. The molecule has 1 rings (SSSR count). The molecular formula is C14H23N. The maximum atomic E-state index is 3.67. The van der Waals surface area contributed by atoms with Gasteiger partial charge in [-0.05, 0) is 37.8 Å². The Labute approximate surface area is 93.9 Å². The predicted molar refractivity (Wildman–Crippen MR) is 67.1 cm³/mol. The van der Waals surface area contributed by atoms with Crippen molar-refractivity contribution in [3.05, 3.63) is 35.4 Å². The van der Waals surface area contributed by atoms with E-state index in [9.17, 15) is 0 Å². The Morgan fingerprint density at radius 3 is 2.27 bits per heavy atom. The van der Waals surface area contributed by atoms with Gasteiger partial charge in [0.15, 0.2) is 0 Å². The minimum Gasteiger partial charge on any atom is -0.307 e. The number of benzene rings is 1. The van der Waals surface area contributed by atoms with Gasteiger partial charge in [0.25, 0.3) is 0 Å². The SMILES string of the molecule is CCC(CC)NC(C)c1ccccc1C. The number of hydrogen-bond donors (Lipinski definition) is 1. The summed E-state index contributed by atoms with van der Waals surface area (Å²) >= 11 is 0. The zero-order chi connectivity index (χ0) is 11.3. The first-order valence-electron chi connectivity index (χ1n) is 6.00. The summed E-state index contributed by atoms with van der Waals surface area (Å²) in [4.78, 5) is 0. The molecule has 0 amide bonds. The van der Waals surface area contributed by atoms with Crippen LogP contribution in [0.5, 0.6) is 0 Å². The first-order chi connectivity index (χ1) is 7.19. The second kappa shape index (κ2) is 5.92. The summed E-state index contributed by atoms with van der Waals surface area (Å²) in [5, 5.41) is 3.67. The molecule has 1 atom stereocenters. The molecule has 0 saturated heterocycles. The van der Waals surface area contributed by atoms with Crippen LogP contribution >= 0.6 is 0 Å². The van der Waals surface area contributed by atoms with Gasteiger partial charge < -0.3 is 5.32 Å². The van der Waals surface area contributed by atoms with Gasteiger partial charge in [-0.15, -0.1) is 0 Å². The smallest absolute Gasteiger partial charge is 0.0296 e. The van der Waals surface area contributed by atoms with E-state index >= 15 is 0 Å². The van der Waals surface area contributed by atoms with Gasteiger partial charge >= 0.3 is 0 Å². The zero-order valence-electron chi connectivity index (χ0n) is 10.4. The quantitative estimate of drug-likeness (QED) is 0.770. The molecule has 0 heterocycles. The van der Waals surface area contributed by atoms with Gasteiger partial charge in [0, 0.05) is 12.1 Å². The average molecular weight is 205 g/mol. The summed E-state index contributed by atoms with van der Waals surface area (Å²) in [7, 11) is 0. The van der Waals surface area contributed by atoms with Crippen molar-refractivity contribution in [3.8, 4) is 0 Å². The highest BCUT2D eigenvalue weighted by Crippen LogP contribution is 2.18. The predicted octanol–water partition coefficient (Wildman–Crippen LogP) is 3.83. The van der Waals surface area contributed by atoms with Crippen molar-refractivity contribution in [2.75, 3.05) is 0 Å². The van der Waals surface area contributed by atoms with E-state index in [1.54, 1.807) is 0 Å². The van der Waals surface area contributed by atoms with Crippen LogP contribution in [-0.2, 0) is 0 Å². The molecule has 0 fully saturated rings. The van der Waals surface area contributed by atoms with Crippen LogP contribution < -0.4 is 5.32 Å². The van der Waals surface area contributed by atoms with Gasteiger partial charge in [0.05, 0.1) is 0 Å². The third-order valence-corrected chi connectivity index (χ3v) is 3.13. The molecule has 0 spiro atoms. The Bertz CT molecular complexity index is 289. The lowest BCUT2D eigenvalue weighted by atomic mass is 10.0. The number of aryl methyl sites for hydroxylation is 1. The summed E-state index contributed by atoms with van der Waals surface area (Å²) in [6.45, 7) is 8.92. The van der Waals surface area contributed by atoms with Crippen molar-refractivity contribution in [1.29, 1.82) is 0 Å². The molecule has 0 aliphatic rings. The van der Waals surface area contributed by atoms with Crippen molar-refractivity contribution in [3.63, 3.8) is 0 Å². The third kappa shape index (κ3) is 3.35. The van der Waals surface area contributed by atoms with E-state index in [2.05, 4.69) is 57.3 Å². The Balaban J connectivity index is 2.68. The molecule has 1 heteroatoms. The van der Waals surface area contributed by atoms with E-state index in [1.165, 1.54) is 24.0 Å². The highest BCUT2D eigenvalue weighted by molar-refractivity contribution is 5.28. The number of rotatable bonds is 5. The summed E-state index contributed by atoms with van der Waals surface area (Å²) in [5.41, 5.74) is 2.80. The zero-order valence-corrected chi connectivity index (χ0v) is 10.4. The Morgan fingerprint density at radius 1 is 1.13 bits per heavy atom. The second-order valence-electron chi connectivity index (χ2n) is 4.26. The van der Waals surface area contributed by atoms with E-state index in [4.69, 9.17) is 0 Å². The van der Waals surface area contributed by atoms with Gasteiger partial charge in [-0.3, -0.25) is 0 Å². The Hall–Kier alpha value is -0.820. The van der Waals surface area contributed by atoms with Crippen molar-refractivity contribution in [2.45, 2.75) is 52.6 Å². The van der Waals surface area contributed by atoms with E-state index in [1.807, 2.05) is 0 Å². The van der Waals surface area contributed by atoms with Crippen molar-refractivity contribution < 1.29 is 0 Å². The minimum atomic E-state index is 0.455. The molecule has 84 valence electrons. The maximum absolute atomic E-state index is 3.67. The van der Waals surface area contributed by atoms with Crippen molar-refractivity contribution in [2.24, 2.45) is 0 Å². The monoisotopic (exact) mass is 205 g/mol. The highest BCUT2D eigenvalue weighted by atomic mass is 14.9. The van der Waals surface area contributed by atoms with Crippen LogP contribution in [0, 0.1) is 6.92 Å². The fourth-order valence-electron chi connectivity index (χ4n) is 2.04. The van der Waals surface area contributed by atoms with E-state index in [0.29, 0.717) is 12.1 Å². The Morgan fingerprint density at radius 2 is 1.73 bits per heavy atom. The summed E-state index contributed by atoms with van der Waals surface area (Å²) < 4.78 is 0. The maximum Gasteiger partial charge on any atom is 0.0296 e. The molecule has 1 aromatic carbocycles. The second-order valence-corrected chi connectivity index (χ2v) is 4.26. The molecule has 0 radical (unpaired) electrons. The summed E-state index contributed by atoms with van der Waals surface area (Å²) in [6.07, 6.45) is 2.40. The number of hydrogen-bond acceptors (Lipinski definition) is 1. The van der Waals surface area contributed by atoms with Crippen molar-refractivity contribution in [1.82, 2.24) is 5.32 Å². The molecule has 1 nitrogen and oxygen atoms in total. The molecule has 0 aliphatic heterocycles. The standard InChI is InChI=1S/C14H23N/c1-5-13(6-2)15-12(4)14-10-8-7-9-11(14)3/h7-10,12-13,15H,5-6H2,1-4H3. The summed E-state index contributed by atoms with van der Waals surface area (Å²) in [6, 6.07) is 9.71. The molecule has 0 aromatic heterocycles. The Kier molecular flexibility index (Phi) is 4.83. The van der Waals surface area contributed by atoms with E-state index in [0.717, 1.165) is 0 Å². The minimum absolute atomic E-state index is 0.455. The van der Waals surface area contributed by atoms with Gasteiger partial charge in [-0.1, -0.05) is 38.1 Å². The van der Waals surface area contributed by atoms with Gasteiger partial charge in [0.1, 0.15) is 0 Å². The van der Waals surface area contributed by atoms with Crippen LogP contribution in [0.4, 0.5) is 0 Å². The van der Waals surface area contributed by atoms with Gasteiger partial charge in [-0.2, -0.15) is 0 Å². The molecular weight excluding hydrogens is 182 g/mol. The van der Waals surface area contributed by atoms with Crippen LogP contribution in [-0.4, -0.2) is 6.04 Å². The largest absolute Gasteiger partial charge is 0.307 e. The molecule has 1 N–H and O–H groups in total. The van der Waals surface area contributed by atoms with Crippen LogP contribution in [0.25, 0.3) is 0 Å². The van der Waals surface area contributed by atoms with E-state index < -0.39 is 0 Å². The lowest BCUT2D eigenvalue weighted by Gasteiger charge is -2.22. The lowest BCUT2D eigenvalue weighted by molar-refractivity contribution is 0.431. The molecule has 15 heavy (non-hydrogen) atoms. The molecule has 1 aromatic rings. The average Bonchev–Trinajstić information content (AvgIpc) is 2.26. The molecule has 0 bridgehead atoms. The molecule has 0 saturated carbocycles. The fraction of sp³-hybridized carbons (Fsp3) is 0.571. The van der Waals surface area contributed by atoms with Crippen molar-refractivity contribution >= 4 is 0 Å². The van der Waals surface area contributed by atoms with Gasteiger partial charge in [0.2, 0.25) is 0 Å². The van der Waals surface area contributed by atoms with Gasteiger partial charge in [-0.25, -0.2) is 0 Å². The fourth-order valence-corrected chi connectivity index (χ4v) is 2.04. The highest BCUT2D eigenvalue weighted by Gasteiger charge is 2.11. The first kappa shape index (κ1) is 12.3. The van der Waals surface area contributed by atoms with Crippen LogP contribution in [0.3, 0.4) is 0 Å². The first-order valence-corrected chi connectivity index (χ1v) is 6.00. The third-order valence-electron chi connectivity index (χ3n) is 3.13. The van der Waals surface area contributed by atoms with Crippen LogP contribution in [0.1, 0.15) is 50.8 Å².